The quantitative estimate of drug-likeness (QED) is 0.189. The molecule has 2 aliphatic heterocycles. The molecule has 2 aromatic rings. The maximum Gasteiger partial charge on any atom is 0.356 e. The lowest BCUT2D eigenvalue weighted by Crippen LogP contribution is -2.73. The molecule has 16 heteroatoms. The maximum absolute atomic E-state index is 12.8. The van der Waals surface area contributed by atoms with Crippen LogP contribution >= 0.6 is 34.4 Å². The molecule has 0 radical (unpaired) electrons. The molecule has 2 unspecified atom stereocenters. The Bertz CT molecular complexity index is 1120. The number of β-lactam (4-membered cyclic amide) rings is 1. The van der Waals surface area contributed by atoms with E-state index >= 15 is 0 Å². The third kappa shape index (κ3) is 4.11. The number of amides is 2. The first kappa shape index (κ1) is 22.0. The number of nitrogens with zero attached hydrogens (tertiary/aromatic N) is 5. The molecule has 2 aromatic heterocycles. The average molecular weight is 498 g/mol. The number of aliphatic carboxylic acids is 1. The van der Waals surface area contributed by atoms with Crippen LogP contribution in [0, 0.1) is 0 Å². The molecule has 168 valence electrons. The van der Waals surface area contributed by atoms with Crippen molar-refractivity contribution < 1.29 is 29.1 Å². The van der Waals surface area contributed by atoms with Crippen LogP contribution in [0.5, 0.6) is 0 Å². The molecule has 0 spiro atoms. The molecular formula is C16H15N7O6S3. The van der Waals surface area contributed by atoms with Gasteiger partial charge in [0.2, 0.25) is 0 Å². The molecule has 0 aliphatic carbocycles. The number of nitrogen functional groups attached to an aromatic ring is 1. The molecule has 4 heterocycles. The number of aromatic nitrogens is 3. The van der Waals surface area contributed by atoms with E-state index in [1.807, 2.05) is 0 Å². The van der Waals surface area contributed by atoms with E-state index in [-0.39, 0.29) is 40.4 Å². The van der Waals surface area contributed by atoms with Crippen molar-refractivity contribution in [1.29, 1.82) is 0 Å². The van der Waals surface area contributed by atoms with E-state index < -0.39 is 29.9 Å². The maximum atomic E-state index is 12.8. The largest absolute Gasteiger partial charge is 0.492 e. The summed E-state index contributed by atoms with van der Waals surface area (Å²) in [5.41, 5.74) is 6.94. The minimum atomic E-state index is -1.31. The van der Waals surface area contributed by atoms with Crippen molar-refractivity contribution in [3.8, 4) is 0 Å². The zero-order chi connectivity index (χ0) is 22.8. The van der Waals surface area contributed by atoms with Gasteiger partial charge < -0.3 is 25.7 Å². The Morgan fingerprint density at radius 2 is 2.31 bits per heavy atom. The molecule has 1 saturated heterocycles. The summed E-state index contributed by atoms with van der Waals surface area (Å²) < 4.78 is 6.29. The number of ether oxygens (including phenoxy) is 1. The fourth-order valence-electron chi connectivity index (χ4n) is 3.13. The van der Waals surface area contributed by atoms with Crippen LogP contribution in [-0.4, -0.2) is 80.2 Å². The molecule has 0 aromatic carbocycles. The van der Waals surface area contributed by atoms with E-state index in [2.05, 4.69) is 25.7 Å². The second kappa shape index (κ2) is 9.09. The lowest BCUT2D eigenvalue weighted by Gasteiger charge is -2.49. The Hall–Kier alpha value is -3.24. The second-order valence-corrected chi connectivity index (χ2v) is 9.25. The number of hydrogen-bond acceptors (Lipinski definition) is 13. The fourth-order valence-corrected chi connectivity index (χ4v) is 5.11. The highest BCUT2D eigenvalue weighted by molar-refractivity contribution is 8.01. The van der Waals surface area contributed by atoms with Gasteiger partial charge in [0.1, 0.15) is 42.8 Å². The van der Waals surface area contributed by atoms with Crippen LogP contribution in [0.1, 0.15) is 5.69 Å². The topological polar surface area (TPSA) is 182 Å². The lowest BCUT2D eigenvalue weighted by atomic mass is 9.92. The predicted molar refractivity (Wildman–Crippen MR) is 114 cm³/mol. The van der Waals surface area contributed by atoms with Gasteiger partial charge in [-0.25, -0.2) is 9.78 Å². The number of rotatable bonds is 8. The average Bonchev–Trinajstić information content (AvgIpc) is 3.45. The van der Waals surface area contributed by atoms with Crippen molar-refractivity contribution in [2.75, 3.05) is 25.2 Å². The zero-order valence-corrected chi connectivity index (χ0v) is 18.7. The molecule has 2 amide bonds. The number of thiazole rings is 1. The molecule has 4 N–H and O–H groups in total. The molecule has 2 atom stereocenters. The van der Waals surface area contributed by atoms with E-state index in [4.69, 9.17) is 15.3 Å². The highest BCUT2D eigenvalue weighted by Gasteiger charge is 2.55. The number of carboxylic acids is 1. The van der Waals surface area contributed by atoms with Gasteiger partial charge in [-0.1, -0.05) is 28.3 Å². The van der Waals surface area contributed by atoms with Crippen molar-refractivity contribution in [2.24, 2.45) is 5.16 Å². The number of nitrogens with two attached hydrogens (primary N) is 1. The van der Waals surface area contributed by atoms with E-state index in [9.17, 15) is 19.5 Å². The number of fused-ring (bicyclic) bond motifs is 1. The number of thioether (sulfide) groups is 1. The van der Waals surface area contributed by atoms with Gasteiger partial charge in [-0.3, -0.25) is 14.5 Å². The van der Waals surface area contributed by atoms with Crippen molar-refractivity contribution in [3.63, 3.8) is 0 Å². The van der Waals surface area contributed by atoms with Crippen molar-refractivity contribution in [3.05, 3.63) is 28.0 Å². The van der Waals surface area contributed by atoms with E-state index in [1.165, 1.54) is 35.6 Å². The van der Waals surface area contributed by atoms with Gasteiger partial charge in [-0.05, 0) is 0 Å². The smallest absolute Gasteiger partial charge is 0.356 e. The molecule has 0 bridgehead atoms. The standard InChI is InChI=1S/C16H15N7O6S3/c1-28-22-9(6-3-30-15(17)19-6)12(24)20-10-7-2-29-8(4-31-16-21-18-5-32-16)11(14(26)27)23(7)13(10)25/h3,5,7,10H,2,4H2,1H3,(H2,17,19)(H,20,24)(H,26,27)/b22-9-. The number of nitrogens with one attached hydrogen (secondary N) is 1. The Balaban J connectivity index is 1.49. The first-order valence-corrected chi connectivity index (χ1v) is 11.6. The summed E-state index contributed by atoms with van der Waals surface area (Å²) in [6.07, 6.45) is 0. The van der Waals surface area contributed by atoms with E-state index in [0.717, 1.165) is 16.2 Å². The van der Waals surface area contributed by atoms with Gasteiger partial charge >= 0.3 is 5.97 Å². The van der Waals surface area contributed by atoms with Crippen LogP contribution in [0.4, 0.5) is 5.13 Å². The number of carbonyl (C=O) groups is 3. The highest BCUT2D eigenvalue weighted by atomic mass is 32.2. The summed E-state index contributed by atoms with van der Waals surface area (Å²) >= 11 is 3.67. The Morgan fingerprint density at radius 3 is 2.94 bits per heavy atom. The summed E-state index contributed by atoms with van der Waals surface area (Å²) in [7, 11) is 1.26. The number of hydrogen-bond donors (Lipinski definition) is 3. The van der Waals surface area contributed by atoms with Crippen molar-refractivity contribution in [2.45, 2.75) is 16.4 Å². The van der Waals surface area contributed by atoms with Crippen molar-refractivity contribution >= 4 is 63.1 Å². The van der Waals surface area contributed by atoms with Crippen LogP contribution < -0.4 is 11.1 Å². The van der Waals surface area contributed by atoms with Crippen LogP contribution in [0.3, 0.4) is 0 Å². The third-order valence-electron chi connectivity index (χ3n) is 4.47. The minimum Gasteiger partial charge on any atom is -0.492 e. The summed E-state index contributed by atoms with van der Waals surface area (Å²) in [4.78, 5) is 47.2. The molecular weight excluding hydrogens is 482 g/mol. The summed E-state index contributed by atoms with van der Waals surface area (Å²) in [6, 6.07) is -1.68. The molecule has 4 rings (SSSR count). The SMILES string of the molecule is CO/N=C(\C(=O)NC1C(=O)N2C(C(=O)O)=C(CSc3nncs3)OCC12)c1csc(N)n1. The van der Waals surface area contributed by atoms with Gasteiger partial charge in [0.15, 0.2) is 20.9 Å². The van der Waals surface area contributed by atoms with Gasteiger partial charge in [-0.2, -0.15) is 0 Å². The second-order valence-electron chi connectivity index (χ2n) is 6.30. The monoisotopic (exact) mass is 497 g/mol. The highest BCUT2D eigenvalue weighted by Crippen LogP contribution is 2.35. The number of carbonyl (C=O) groups excluding carboxylic acids is 2. The van der Waals surface area contributed by atoms with Crippen LogP contribution in [0.2, 0.25) is 0 Å². The Labute approximate surface area is 192 Å². The fraction of sp³-hybridized carbons (Fsp3) is 0.312. The Morgan fingerprint density at radius 1 is 1.50 bits per heavy atom. The van der Waals surface area contributed by atoms with Gasteiger partial charge in [-0.15, -0.1) is 21.5 Å². The van der Waals surface area contributed by atoms with Crippen molar-refractivity contribution in [1.82, 2.24) is 25.4 Å². The zero-order valence-electron chi connectivity index (χ0n) is 16.3. The molecule has 0 saturated carbocycles. The van der Waals surface area contributed by atoms with Gasteiger partial charge in [0.25, 0.3) is 11.8 Å². The summed E-state index contributed by atoms with van der Waals surface area (Å²) in [5.74, 6) is -2.28. The molecule has 2 aliphatic rings. The molecule has 1 fully saturated rings. The first-order chi connectivity index (χ1) is 15.4. The lowest BCUT2D eigenvalue weighted by molar-refractivity contribution is -0.160. The van der Waals surface area contributed by atoms with Gasteiger partial charge in [0, 0.05) is 5.38 Å². The van der Waals surface area contributed by atoms with Crippen LogP contribution in [-0.2, 0) is 24.0 Å². The normalized spacial score (nSPS) is 20.3. The predicted octanol–water partition coefficient (Wildman–Crippen LogP) is -0.258. The number of carboxylic acid groups (broad SMARTS) is 1. The minimum absolute atomic E-state index is 0.0138. The number of oxime groups is 1. The molecule has 32 heavy (non-hydrogen) atoms. The van der Waals surface area contributed by atoms with E-state index in [0.29, 0.717) is 4.34 Å². The first-order valence-electron chi connectivity index (χ1n) is 8.85. The van der Waals surface area contributed by atoms with E-state index in [1.54, 1.807) is 5.51 Å². The molecule has 13 nitrogen and oxygen atoms in total. The van der Waals surface area contributed by atoms with Gasteiger partial charge in [0.05, 0.1) is 5.75 Å². The number of anilines is 1. The van der Waals surface area contributed by atoms with Crippen LogP contribution in [0.15, 0.2) is 31.8 Å². The summed E-state index contributed by atoms with van der Waals surface area (Å²) in [6.45, 7) is 0.0138. The Kier molecular flexibility index (Phi) is 6.24. The van der Waals surface area contributed by atoms with Crippen LogP contribution in [0.25, 0.3) is 0 Å². The summed E-state index contributed by atoms with van der Waals surface area (Å²) in [5, 5.41) is 25.3. The third-order valence-corrected chi connectivity index (χ3v) is 7.01.